The summed E-state index contributed by atoms with van der Waals surface area (Å²) >= 11 is 1.61. The van der Waals surface area contributed by atoms with Crippen LogP contribution < -0.4 is 5.32 Å². The molecule has 0 atom stereocenters. The third kappa shape index (κ3) is 2.73. The first-order valence-electron chi connectivity index (χ1n) is 4.68. The molecule has 0 bridgehead atoms. The Bertz CT molecular complexity index is 452. The van der Waals surface area contributed by atoms with Gasteiger partial charge in [-0.15, -0.1) is 11.3 Å². The first-order chi connectivity index (χ1) is 7.24. The average Bonchev–Trinajstić information content (AvgIpc) is 2.62. The molecule has 0 aliphatic carbocycles. The molecular weight excluding hydrogens is 208 g/mol. The van der Waals surface area contributed by atoms with Gasteiger partial charge in [0, 0.05) is 11.6 Å². The normalized spacial score (nSPS) is 10.3. The van der Waals surface area contributed by atoms with E-state index in [1.165, 1.54) is 0 Å². The highest BCUT2D eigenvalue weighted by Gasteiger charge is 1.99. The van der Waals surface area contributed by atoms with Crippen LogP contribution >= 0.6 is 11.3 Å². The zero-order valence-corrected chi connectivity index (χ0v) is 9.51. The van der Waals surface area contributed by atoms with Gasteiger partial charge in [-0.1, -0.05) is 0 Å². The van der Waals surface area contributed by atoms with Gasteiger partial charge in [0.2, 0.25) is 0 Å². The molecule has 0 spiro atoms. The van der Waals surface area contributed by atoms with E-state index in [0.29, 0.717) is 6.54 Å². The smallest absolute Gasteiger partial charge is 0.183 e. The summed E-state index contributed by atoms with van der Waals surface area (Å²) in [6, 6.07) is 1.90. The number of hydrogen-bond acceptors (Lipinski definition) is 5. The van der Waals surface area contributed by atoms with Crippen molar-refractivity contribution in [3.63, 3.8) is 0 Å². The summed E-state index contributed by atoms with van der Waals surface area (Å²) in [5.41, 5.74) is 2.02. The first kappa shape index (κ1) is 10.0. The molecule has 2 aromatic rings. The van der Waals surface area contributed by atoms with E-state index in [9.17, 15) is 0 Å². The standard InChI is InChI=1S/C10H12N4S/c1-7-6-15-10(13-7)12-5-9-3-4-11-8(2)14-9/h3-4,6H,5H2,1-2H3,(H,12,13). The van der Waals surface area contributed by atoms with Crippen LogP contribution in [-0.2, 0) is 6.54 Å². The van der Waals surface area contributed by atoms with E-state index >= 15 is 0 Å². The molecule has 2 rings (SSSR count). The first-order valence-corrected chi connectivity index (χ1v) is 5.56. The number of aryl methyl sites for hydroxylation is 2. The molecule has 0 radical (unpaired) electrons. The minimum atomic E-state index is 0.691. The zero-order chi connectivity index (χ0) is 10.7. The highest BCUT2D eigenvalue weighted by Crippen LogP contribution is 2.14. The fraction of sp³-hybridized carbons (Fsp3) is 0.300. The van der Waals surface area contributed by atoms with Gasteiger partial charge in [0.1, 0.15) is 5.82 Å². The Balaban J connectivity index is 1.99. The lowest BCUT2D eigenvalue weighted by Gasteiger charge is -2.02. The molecular formula is C10H12N4S. The Morgan fingerprint density at radius 1 is 1.33 bits per heavy atom. The Labute approximate surface area is 92.4 Å². The van der Waals surface area contributed by atoms with E-state index in [4.69, 9.17) is 0 Å². The van der Waals surface area contributed by atoms with Gasteiger partial charge in [0.05, 0.1) is 17.9 Å². The number of aromatic nitrogens is 3. The summed E-state index contributed by atoms with van der Waals surface area (Å²) in [5, 5.41) is 6.18. The monoisotopic (exact) mass is 220 g/mol. The average molecular weight is 220 g/mol. The van der Waals surface area contributed by atoms with Crippen LogP contribution in [0.15, 0.2) is 17.6 Å². The molecule has 2 heterocycles. The molecule has 0 fully saturated rings. The third-order valence-corrected chi connectivity index (χ3v) is 2.79. The molecule has 0 aliphatic rings. The van der Waals surface area contributed by atoms with E-state index in [0.717, 1.165) is 22.3 Å². The summed E-state index contributed by atoms with van der Waals surface area (Å²) in [6.07, 6.45) is 1.77. The summed E-state index contributed by atoms with van der Waals surface area (Å²) < 4.78 is 0. The molecule has 0 saturated heterocycles. The Kier molecular flexibility index (Phi) is 2.91. The van der Waals surface area contributed by atoms with Crippen LogP contribution in [0.1, 0.15) is 17.2 Å². The Morgan fingerprint density at radius 3 is 2.87 bits per heavy atom. The van der Waals surface area contributed by atoms with Gasteiger partial charge in [-0.3, -0.25) is 0 Å². The predicted octanol–water partition coefficient (Wildman–Crippen LogP) is 2.16. The lowest BCUT2D eigenvalue weighted by atomic mass is 10.4. The molecule has 0 aromatic carbocycles. The van der Waals surface area contributed by atoms with E-state index in [1.807, 2.05) is 25.3 Å². The van der Waals surface area contributed by atoms with Gasteiger partial charge in [0.25, 0.3) is 0 Å². The van der Waals surface area contributed by atoms with Crippen LogP contribution in [0.5, 0.6) is 0 Å². The molecule has 0 aliphatic heterocycles. The molecule has 0 saturated carbocycles. The second-order valence-corrected chi connectivity index (χ2v) is 4.10. The van der Waals surface area contributed by atoms with Crippen LogP contribution in [0, 0.1) is 13.8 Å². The summed E-state index contributed by atoms with van der Waals surface area (Å²) in [7, 11) is 0. The maximum absolute atomic E-state index is 4.31. The van der Waals surface area contributed by atoms with Gasteiger partial charge < -0.3 is 5.32 Å². The number of anilines is 1. The van der Waals surface area contributed by atoms with Crippen molar-refractivity contribution in [2.45, 2.75) is 20.4 Å². The number of nitrogens with zero attached hydrogens (tertiary/aromatic N) is 3. The van der Waals surface area contributed by atoms with E-state index in [2.05, 4.69) is 20.3 Å². The summed E-state index contributed by atoms with van der Waals surface area (Å²) in [5.74, 6) is 0.796. The van der Waals surface area contributed by atoms with Crippen molar-refractivity contribution in [3.05, 3.63) is 34.9 Å². The molecule has 78 valence electrons. The van der Waals surface area contributed by atoms with Crippen molar-refractivity contribution < 1.29 is 0 Å². The van der Waals surface area contributed by atoms with Gasteiger partial charge in [-0.05, 0) is 19.9 Å². The second-order valence-electron chi connectivity index (χ2n) is 3.24. The SMILES string of the molecule is Cc1csc(NCc2ccnc(C)n2)n1. The highest BCUT2D eigenvalue weighted by molar-refractivity contribution is 7.13. The number of thiazole rings is 1. The molecule has 0 unspecified atom stereocenters. The van der Waals surface area contributed by atoms with Crippen LogP contribution in [0.2, 0.25) is 0 Å². The highest BCUT2D eigenvalue weighted by atomic mass is 32.1. The largest absolute Gasteiger partial charge is 0.356 e. The quantitative estimate of drug-likeness (QED) is 0.861. The van der Waals surface area contributed by atoms with Gasteiger partial charge >= 0.3 is 0 Å². The van der Waals surface area contributed by atoms with E-state index < -0.39 is 0 Å². The van der Waals surface area contributed by atoms with Crippen molar-refractivity contribution in [3.8, 4) is 0 Å². The minimum Gasteiger partial charge on any atom is -0.356 e. The fourth-order valence-electron chi connectivity index (χ4n) is 1.20. The molecule has 5 heteroatoms. The van der Waals surface area contributed by atoms with Crippen molar-refractivity contribution in [2.24, 2.45) is 0 Å². The van der Waals surface area contributed by atoms with Crippen LogP contribution in [0.4, 0.5) is 5.13 Å². The lowest BCUT2D eigenvalue weighted by Crippen LogP contribution is -2.02. The van der Waals surface area contributed by atoms with Crippen molar-refractivity contribution in [2.75, 3.05) is 5.32 Å². The van der Waals surface area contributed by atoms with Gasteiger partial charge in [-0.25, -0.2) is 15.0 Å². The molecule has 1 N–H and O–H groups in total. The molecule has 4 nitrogen and oxygen atoms in total. The number of rotatable bonds is 3. The molecule has 0 amide bonds. The fourth-order valence-corrected chi connectivity index (χ4v) is 1.89. The Hall–Kier alpha value is -1.49. The maximum atomic E-state index is 4.31. The summed E-state index contributed by atoms with van der Waals surface area (Å²) in [6.45, 7) is 4.56. The minimum absolute atomic E-state index is 0.691. The van der Waals surface area contributed by atoms with E-state index in [-0.39, 0.29) is 0 Å². The molecule has 15 heavy (non-hydrogen) atoms. The van der Waals surface area contributed by atoms with Crippen molar-refractivity contribution >= 4 is 16.5 Å². The second kappa shape index (κ2) is 4.35. The Morgan fingerprint density at radius 2 is 2.20 bits per heavy atom. The van der Waals surface area contributed by atoms with Crippen LogP contribution in [0.3, 0.4) is 0 Å². The van der Waals surface area contributed by atoms with Crippen molar-refractivity contribution in [1.29, 1.82) is 0 Å². The van der Waals surface area contributed by atoms with Crippen LogP contribution in [-0.4, -0.2) is 15.0 Å². The topological polar surface area (TPSA) is 50.7 Å². The zero-order valence-electron chi connectivity index (χ0n) is 8.69. The summed E-state index contributed by atoms with van der Waals surface area (Å²) in [4.78, 5) is 12.7. The lowest BCUT2D eigenvalue weighted by molar-refractivity contribution is 0.953. The van der Waals surface area contributed by atoms with Crippen molar-refractivity contribution in [1.82, 2.24) is 15.0 Å². The molecule has 2 aromatic heterocycles. The number of hydrogen-bond donors (Lipinski definition) is 1. The third-order valence-electron chi connectivity index (χ3n) is 1.87. The van der Waals surface area contributed by atoms with Crippen LogP contribution in [0.25, 0.3) is 0 Å². The van der Waals surface area contributed by atoms with Gasteiger partial charge in [0.15, 0.2) is 5.13 Å². The maximum Gasteiger partial charge on any atom is 0.183 e. The van der Waals surface area contributed by atoms with E-state index in [1.54, 1.807) is 17.5 Å². The predicted molar refractivity (Wildman–Crippen MR) is 60.9 cm³/mol. The van der Waals surface area contributed by atoms with Gasteiger partial charge in [-0.2, -0.15) is 0 Å². The number of nitrogens with one attached hydrogen (secondary N) is 1.